The lowest BCUT2D eigenvalue weighted by Gasteiger charge is -2.07. The summed E-state index contributed by atoms with van der Waals surface area (Å²) in [7, 11) is 1.56. The zero-order chi connectivity index (χ0) is 17.6. The standard InChI is InChI=1S/C15H16F3N3O2S/c1-23-6-5-19-8-13(22)21-14-20-12(9-24-14)10-3-2-4-11(7-10)15(16,17)18/h2-4,7,9,19H,5-6,8H2,1H3,(H,20,21,22). The van der Waals surface area contributed by atoms with E-state index in [9.17, 15) is 18.0 Å². The Bertz CT molecular complexity index is 689. The van der Waals surface area contributed by atoms with Crippen molar-refractivity contribution in [3.8, 4) is 11.3 Å². The summed E-state index contributed by atoms with van der Waals surface area (Å²) in [5, 5.41) is 7.42. The van der Waals surface area contributed by atoms with Crippen LogP contribution >= 0.6 is 11.3 Å². The van der Waals surface area contributed by atoms with Crippen LogP contribution in [0.5, 0.6) is 0 Å². The van der Waals surface area contributed by atoms with Crippen LogP contribution in [0.25, 0.3) is 11.3 Å². The molecule has 1 aromatic heterocycles. The number of nitrogens with one attached hydrogen (secondary N) is 2. The number of hydrogen-bond acceptors (Lipinski definition) is 5. The number of rotatable bonds is 7. The van der Waals surface area contributed by atoms with Crippen LogP contribution in [0, 0.1) is 0 Å². The van der Waals surface area contributed by atoms with Gasteiger partial charge in [0, 0.05) is 24.6 Å². The molecule has 0 aliphatic carbocycles. The zero-order valence-corrected chi connectivity index (χ0v) is 13.6. The number of hydrogen-bond donors (Lipinski definition) is 2. The molecular formula is C15H16F3N3O2S. The van der Waals surface area contributed by atoms with Crippen molar-refractivity contribution in [1.82, 2.24) is 10.3 Å². The fourth-order valence-corrected chi connectivity index (χ4v) is 2.59. The molecule has 24 heavy (non-hydrogen) atoms. The van der Waals surface area contributed by atoms with E-state index in [1.807, 2.05) is 0 Å². The maximum Gasteiger partial charge on any atom is 0.416 e. The van der Waals surface area contributed by atoms with Crippen LogP contribution in [0.4, 0.5) is 18.3 Å². The van der Waals surface area contributed by atoms with Crippen molar-refractivity contribution in [3.63, 3.8) is 0 Å². The SMILES string of the molecule is COCCNCC(=O)Nc1nc(-c2cccc(C(F)(F)F)c2)cs1. The highest BCUT2D eigenvalue weighted by Crippen LogP contribution is 2.32. The van der Waals surface area contributed by atoms with Crippen molar-refractivity contribution in [2.45, 2.75) is 6.18 Å². The molecule has 0 saturated heterocycles. The molecule has 0 unspecified atom stereocenters. The van der Waals surface area contributed by atoms with Crippen molar-refractivity contribution in [2.24, 2.45) is 0 Å². The van der Waals surface area contributed by atoms with Crippen molar-refractivity contribution in [3.05, 3.63) is 35.2 Å². The monoisotopic (exact) mass is 359 g/mol. The summed E-state index contributed by atoms with van der Waals surface area (Å²) in [5.41, 5.74) is -0.00513. The summed E-state index contributed by atoms with van der Waals surface area (Å²) in [6.45, 7) is 1.13. The molecule has 2 aromatic rings. The largest absolute Gasteiger partial charge is 0.416 e. The van der Waals surface area contributed by atoms with Crippen molar-refractivity contribution < 1.29 is 22.7 Å². The third-order valence-electron chi connectivity index (χ3n) is 3.00. The van der Waals surface area contributed by atoms with Crippen LogP contribution in [0.1, 0.15) is 5.56 Å². The second-order valence-electron chi connectivity index (χ2n) is 4.83. The number of methoxy groups -OCH3 is 1. The van der Waals surface area contributed by atoms with E-state index in [-0.39, 0.29) is 12.5 Å². The molecule has 0 spiro atoms. The number of carbonyl (C=O) groups excluding carboxylic acids is 1. The quantitative estimate of drug-likeness (QED) is 0.746. The van der Waals surface area contributed by atoms with E-state index >= 15 is 0 Å². The van der Waals surface area contributed by atoms with Crippen molar-refractivity contribution in [2.75, 3.05) is 32.1 Å². The maximum atomic E-state index is 12.7. The molecule has 2 rings (SSSR count). The summed E-state index contributed by atoms with van der Waals surface area (Å²) < 4.78 is 43.1. The minimum absolute atomic E-state index is 0.0990. The Morgan fingerprint density at radius 2 is 2.17 bits per heavy atom. The topological polar surface area (TPSA) is 63.2 Å². The molecule has 0 radical (unpaired) electrons. The van der Waals surface area contributed by atoms with Crippen LogP contribution in [-0.2, 0) is 15.7 Å². The number of nitrogens with zero attached hydrogens (tertiary/aromatic N) is 1. The van der Waals surface area contributed by atoms with Gasteiger partial charge in [-0.15, -0.1) is 11.3 Å². The number of thiazole rings is 1. The van der Waals surface area contributed by atoms with Gasteiger partial charge >= 0.3 is 6.18 Å². The van der Waals surface area contributed by atoms with Crippen LogP contribution in [0.3, 0.4) is 0 Å². The van der Waals surface area contributed by atoms with Gasteiger partial charge in [-0.05, 0) is 12.1 Å². The number of amides is 1. The second-order valence-corrected chi connectivity index (χ2v) is 5.69. The highest BCUT2D eigenvalue weighted by Gasteiger charge is 2.30. The molecule has 9 heteroatoms. The van der Waals surface area contributed by atoms with Gasteiger partial charge in [0.1, 0.15) is 0 Å². The lowest BCUT2D eigenvalue weighted by Crippen LogP contribution is -2.30. The van der Waals surface area contributed by atoms with Crippen molar-refractivity contribution in [1.29, 1.82) is 0 Å². The van der Waals surface area contributed by atoms with Gasteiger partial charge in [0.05, 0.1) is 24.4 Å². The second kappa shape index (κ2) is 8.22. The van der Waals surface area contributed by atoms with Crippen LogP contribution in [0.2, 0.25) is 0 Å². The van der Waals surface area contributed by atoms with Crippen LogP contribution < -0.4 is 10.6 Å². The Morgan fingerprint density at radius 1 is 1.38 bits per heavy atom. The summed E-state index contributed by atoms with van der Waals surface area (Å²) in [6, 6.07) is 4.91. The van der Waals surface area contributed by atoms with Gasteiger partial charge < -0.3 is 15.4 Å². The lowest BCUT2D eigenvalue weighted by atomic mass is 10.1. The molecule has 0 aliphatic rings. The van der Waals surface area contributed by atoms with E-state index in [2.05, 4.69) is 15.6 Å². The molecule has 2 N–H and O–H groups in total. The Hall–Kier alpha value is -1.97. The summed E-state index contributed by atoms with van der Waals surface area (Å²) >= 11 is 1.15. The van der Waals surface area contributed by atoms with E-state index < -0.39 is 11.7 Å². The Labute approximate surface area is 140 Å². The predicted octanol–water partition coefficient (Wildman–Crippen LogP) is 3.00. The molecule has 130 valence electrons. The summed E-state index contributed by atoms with van der Waals surface area (Å²) in [5.74, 6) is -0.281. The van der Waals surface area contributed by atoms with E-state index in [0.717, 1.165) is 23.5 Å². The van der Waals surface area contributed by atoms with E-state index in [1.54, 1.807) is 18.6 Å². The third-order valence-corrected chi connectivity index (χ3v) is 3.76. The van der Waals surface area contributed by atoms with Gasteiger partial charge in [-0.3, -0.25) is 4.79 Å². The summed E-state index contributed by atoms with van der Waals surface area (Å²) in [4.78, 5) is 15.9. The molecule has 1 heterocycles. The van der Waals surface area contributed by atoms with Crippen molar-refractivity contribution >= 4 is 22.4 Å². The first-order chi connectivity index (χ1) is 11.4. The van der Waals surface area contributed by atoms with Gasteiger partial charge in [-0.25, -0.2) is 4.98 Å². The average Bonchev–Trinajstić information content (AvgIpc) is 2.99. The maximum absolute atomic E-state index is 12.7. The Kier molecular flexibility index (Phi) is 6.29. The smallest absolute Gasteiger partial charge is 0.383 e. The number of benzene rings is 1. The highest BCUT2D eigenvalue weighted by molar-refractivity contribution is 7.14. The first-order valence-corrected chi connectivity index (χ1v) is 7.91. The van der Waals surface area contributed by atoms with Gasteiger partial charge in [-0.2, -0.15) is 13.2 Å². The summed E-state index contributed by atoms with van der Waals surface area (Å²) in [6.07, 6.45) is -4.41. The predicted molar refractivity (Wildman–Crippen MR) is 85.9 cm³/mol. The molecule has 0 fully saturated rings. The molecule has 1 aromatic carbocycles. The van der Waals surface area contributed by atoms with Crippen LogP contribution in [0.15, 0.2) is 29.6 Å². The molecule has 1 amide bonds. The molecule has 0 saturated carbocycles. The van der Waals surface area contributed by atoms with E-state index in [0.29, 0.717) is 29.5 Å². The minimum Gasteiger partial charge on any atom is -0.383 e. The number of anilines is 1. The van der Waals surface area contributed by atoms with Crippen LogP contribution in [-0.4, -0.2) is 37.7 Å². The lowest BCUT2D eigenvalue weighted by molar-refractivity contribution is -0.137. The van der Waals surface area contributed by atoms with E-state index in [4.69, 9.17) is 4.74 Å². The number of halogens is 3. The number of ether oxygens (including phenoxy) is 1. The molecule has 0 atom stereocenters. The first-order valence-electron chi connectivity index (χ1n) is 7.03. The molecular weight excluding hydrogens is 343 g/mol. The van der Waals surface area contributed by atoms with Gasteiger partial charge in [-0.1, -0.05) is 12.1 Å². The Balaban J connectivity index is 1.99. The number of carbonyl (C=O) groups is 1. The van der Waals surface area contributed by atoms with Gasteiger partial charge in [0.25, 0.3) is 0 Å². The van der Waals surface area contributed by atoms with Gasteiger partial charge in [0.15, 0.2) is 5.13 Å². The Morgan fingerprint density at radius 3 is 2.88 bits per heavy atom. The minimum atomic E-state index is -4.41. The van der Waals surface area contributed by atoms with Gasteiger partial charge in [0.2, 0.25) is 5.91 Å². The average molecular weight is 359 g/mol. The number of aromatic nitrogens is 1. The zero-order valence-electron chi connectivity index (χ0n) is 12.8. The fraction of sp³-hybridized carbons (Fsp3) is 0.333. The third kappa shape index (κ3) is 5.29. The van der Waals surface area contributed by atoms with E-state index in [1.165, 1.54) is 6.07 Å². The molecule has 0 aliphatic heterocycles. The number of alkyl halides is 3. The highest BCUT2D eigenvalue weighted by atomic mass is 32.1. The molecule has 0 bridgehead atoms. The fourth-order valence-electron chi connectivity index (χ4n) is 1.86. The normalized spacial score (nSPS) is 11.5. The molecule has 5 nitrogen and oxygen atoms in total. The first kappa shape index (κ1) is 18.4.